The lowest BCUT2D eigenvalue weighted by atomic mass is 9.97. The molecule has 1 unspecified atom stereocenters. The number of rotatable bonds is 8. The summed E-state index contributed by atoms with van der Waals surface area (Å²) in [5.74, 6) is 0.605. The first kappa shape index (κ1) is 16.9. The molecule has 1 aromatic rings. The van der Waals surface area contributed by atoms with Crippen LogP contribution in [0.15, 0.2) is 18.2 Å². The minimum Gasteiger partial charge on any atom is -0.314 e. The van der Waals surface area contributed by atoms with Crippen molar-refractivity contribution < 1.29 is 4.92 Å². The Kier molecular flexibility index (Phi) is 6.96. The van der Waals surface area contributed by atoms with Crippen molar-refractivity contribution in [2.45, 2.75) is 46.1 Å². The number of nitrogens with one attached hydrogen (secondary N) is 1. The quantitative estimate of drug-likeness (QED) is 0.578. The number of hydrogen-bond acceptors (Lipinski definition) is 3. The van der Waals surface area contributed by atoms with Gasteiger partial charge in [-0.1, -0.05) is 32.4 Å². The highest BCUT2D eigenvalue weighted by molar-refractivity contribution is 6.30. The number of nitrogens with zero attached hydrogens (tertiary/aromatic N) is 1. The molecule has 1 aromatic carbocycles. The zero-order valence-corrected chi connectivity index (χ0v) is 13.1. The lowest BCUT2D eigenvalue weighted by molar-refractivity contribution is -0.385. The fourth-order valence-corrected chi connectivity index (χ4v) is 2.62. The second kappa shape index (κ2) is 8.22. The van der Waals surface area contributed by atoms with Crippen molar-refractivity contribution in [3.05, 3.63) is 38.9 Å². The largest absolute Gasteiger partial charge is 0.314 e. The predicted octanol–water partition coefficient (Wildman–Crippen LogP) is 4.21. The second-order valence-electron chi connectivity index (χ2n) is 5.45. The van der Waals surface area contributed by atoms with Crippen molar-refractivity contribution in [3.63, 3.8) is 0 Å². The summed E-state index contributed by atoms with van der Waals surface area (Å²) in [5, 5.41) is 15.0. The van der Waals surface area contributed by atoms with Gasteiger partial charge < -0.3 is 5.32 Å². The molecule has 20 heavy (non-hydrogen) atoms. The predicted molar refractivity (Wildman–Crippen MR) is 83.3 cm³/mol. The summed E-state index contributed by atoms with van der Waals surface area (Å²) < 4.78 is 0. The van der Waals surface area contributed by atoms with Crippen molar-refractivity contribution in [2.75, 3.05) is 6.54 Å². The Hall–Kier alpha value is -1.13. The molecule has 0 aliphatic rings. The molecule has 0 radical (unpaired) electrons. The summed E-state index contributed by atoms with van der Waals surface area (Å²) in [6, 6.07) is 5.15. The van der Waals surface area contributed by atoms with Gasteiger partial charge in [0.1, 0.15) is 0 Å². The van der Waals surface area contributed by atoms with E-state index in [1.807, 2.05) is 0 Å². The maximum Gasteiger partial charge on any atom is 0.272 e. The highest BCUT2D eigenvalue weighted by Gasteiger charge is 2.16. The Bertz CT molecular complexity index is 449. The smallest absolute Gasteiger partial charge is 0.272 e. The monoisotopic (exact) mass is 298 g/mol. The van der Waals surface area contributed by atoms with Crippen LogP contribution < -0.4 is 5.32 Å². The molecule has 5 heteroatoms. The van der Waals surface area contributed by atoms with Crippen LogP contribution in [0.1, 0.15) is 39.2 Å². The molecule has 112 valence electrons. The van der Waals surface area contributed by atoms with Gasteiger partial charge in [0.25, 0.3) is 5.69 Å². The first-order valence-corrected chi connectivity index (χ1v) is 7.48. The highest BCUT2D eigenvalue weighted by Crippen LogP contribution is 2.25. The fraction of sp³-hybridized carbons (Fsp3) is 0.600. The van der Waals surface area contributed by atoms with Gasteiger partial charge in [-0.15, -0.1) is 0 Å². The van der Waals surface area contributed by atoms with Crippen LogP contribution in [0.25, 0.3) is 0 Å². The van der Waals surface area contributed by atoms with Crippen molar-refractivity contribution >= 4 is 17.3 Å². The molecule has 0 saturated heterocycles. The van der Waals surface area contributed by atoms with Gasteiger partial charge in [0, 0.05) is 22.7 Å². The van der Waals surface area contributed by atoms with Crippen molar-refractivity contribution in [3.8, 4) is 0 Å². The molecule has 0 amide bonds. The van der Waals surface area contributed by atoms with Gasteiger partial charge in [0.2, 0.25) is 0 Å². The van der Waals surface area contributed by atoms with E-state index >= 15 is 0 Å². The summed E-state index contributed by atoms with van der Waals surface area (Å²) in [7, 11) is 0. The third-order valence-electron chi connectivity index (χ3n) is 3.25. The lowest BCUT2D eigenvalue weighted by Crippen LogP contribution is -2.30. The van der Waals surface area contributed by atoms with Crippen molar-refractivity contribution in [2.24, 2.45) is 5.92 Å². The van der Waals surface area contributed by atoms with Crippen LogP contribution in [-0.2, 0) is 6.42 Å². The number of benzene rings is 1. The third kappa shape index (κ3) is 5.47. The first-order valence-electron chi connectivity index (χ1n) is 7.10. The molecular formula is C15H23ClN2O2. The van der Waals surface area contributed by atoms with E-state index in [0.29, 0.717) is 29.0 Å². The SMILES string of the molecule is CCNC(CCc1cc(Cl)ccc1[N+](=O)[O-])CC(C)C. The Morgan fingerprint density at radius 1 is 1.40 bits per heavy atom. The molecule has 0 fully saturated rings. The lowest BCUT2D eigenvalue weighted by Gasteiger charge is -2.19. The Labute approximate surface area is 125 Å². The molecule has 0 heterocycles. The van der Waals surface area contributed by atoms with E-state index in [9.17, 15) is 10.1 Å². The van der Waals surface area contributed by atoms with E-state index < -0.39 is 0 Å². The van der Waals surface area contributed by atoms with Crippen LogP contribution in [0.5, 0.6) is 0 Å². The van der Waals surface area contributed by atoms with E-state index in [2.05, 4.69) is 26.1 Å². The molecule has 1 atom stereocenters. The van der Waals surface area contributed by atoms with Crippen LogP contribution in [0.4, 0.5) is 5.69 Å². The number of nitro groups is 1. The van der Waals surface area contributed by atoms with Crippen LogP contribution >= 0.6 is 11.6 Å². The maximum absolute atomic E-state index is 11.0. The van der Waals surface area contributed by atoms with Crippen LogP contribution in [0, 0.1) is 16.0 Å². The molecule has 0 aliphatic heterocycles. The summed E-state index contributed by atoms with van der Waals surface area (Å²) in [5.41, 5.74) is 0.878. The van der Waals surface area contributed by atoms with Gasteiger partial charge in [-0.25, -0.2) is 0 Å². The average Bonchev–Trinajstić information content (AvgIpc) is 2.35. The van der Waals surface area contributed by atoms with E-state index in [1.165, 1.54) is 6.07 Å². The van der Waals surface area contributed by atoms with Gasteiger partial charge in [-0.05, 0) is 43.9 Å². The van der Waals surface area contributed by atoms with Gasteiger partial charge in [-0.3, -0.25) is 10.1 Å². The Morgan fingerprint density at radius 3 is 2.65 bits per heavy atom. The van der Waals surface area contributed by atoms with Crippen LogP contribution in [0.3, 0.4) is 0 Å². The minimum atomic E-state index is -0.337. The molecule has 1 rings (SSSR count). The summed E-state index contributed by atoms with van der Waals surface area (Å²) in [6.07, 6.45) is 2.62. The van der Waals surface area contributed by atoms with E-state index in [4.69, 9.17) is 11.6 Å². The molecule has 4 nitrogen and oxygen atoms in total. The first-order chi connectivity index (χ1) is 9.43. The minimum absolute atomic E-state index is 0.161. The highest BCUT2D eigenvalue weighted by atomic mass is 35.5. The average molecular weight is 299 g/mol. The van der Waals surface area contributed by atoms with Gasteiger partial charge >= 0.3 is 0 Å². The molecule has 0 saturated carbocycles. The molecule has 0 spiro atoms. The molecule has 0 aliphatic carbocycles. The van der Waals surface area contributed by atoms with Gasteiger partial charge in [-0.2, -0.15) is 0 Å². The van der Waals surface area contributed by atoms with Crippen molar-refractivity contribution in [1.29, 1.82) is 0 Å². The summed E-state index contributed by atoms with van der Waals surface area (Å²) in [6.45, 7) is 7.36. The standard InChI is InChI=1S/C15H23ClN2O2/c1-4-17-14(9-11(2)3)7-5-12-10-13(16)6-8-15(12)18(19)20/h6,8,10-11,14,17H,4-5,7,9H2,1-3H3. The number of aryl methyl sites for hydroxylation is 1. The van der Waals surface area contributed by atoms with Crippen LogP contribution in [-0.4, -0.2) is 17.5 Å². The van der Waals surface area contributed by atoms with E-state index in [0.717, 1.165) is 19.4 Å². The Morgan fingerprint density at radius 2 is 2.10 bits per heavy atom. The van der Waals surface area contributed by atoms with E-state index in [-0.39, 0.29) is 10.6 Å². The maximum atomic E-state index is 11.0. The van der Waals surface area contributed by atoms with Gasteiger partial charge in [0.05, 0.1) is 4.92 Å². The fourth-order valence-electron chi connectivity index (χ4n) is 2.42. The number of halogens is 1. The summed E-state index contributed by atoms with van der Waals surface area (Å²) in [4.78, 5) is 10.7. The number of nitro benzene ring substituents is 1. The van der Waals surface area contributed by atoms with Crippen molar-refractivity contribution in [1.82, 2.24) is 5.32 Å². The zero-order valence-electron chi connectivity index (χ0n) is 12.4. The Balaban J connectivity index is 2.76. The molecular weight excluding hydrogens is 276 g/mol. The molecule has 0 aromatic heterocycles. The number of hydrogen-bond donors (Lipinski definition) is 1. The third-order valence-corrected chi connectivity index (χ3v) is 3.48. The molecule has 0 bridgehead atoms. The topological polar surface area (TPSA) is 55.2 Å². The van der Waals surface area contributed by atoms with Crippen LogP contribution in [0.2, 0.25) is 5.02 Å². The summed E-state index contributed by atoms with van der Waals surface area (Å²) >= 11 is 5.94. The second-order valence-corrected chi connectivity index (χ2v) is 5.89. The molecule has 1 N–H and O–H groups in total. The zero-order chi connectivity index (χ0) is 15.1. The van der Waals surface area contributed by atoms with E-state index in [1.54, 1.807) is 12.1 Å². The van der Waals surface area contributed by atoms with Gasteiger partial charge in [0.15, 0.2) is 0 Å². The normalized spacial score (nSPS) is 12.7.